The average molecular weight is 177 g/mol. The van der Waals surface area contributed by atoms with E-state index in [0.29, 0.717) is 5.69 Å². The van der Waals surface area contributed by atoms with Gasteiger partial charge in [0.05, 0.1) is 12.1 Å². The van der Waals surface area contributed by atoms with Gasteiger partial charge in [-0.05, 0) is 6.07 Å². The van der Waals surface area contributed by atoms with Crippen LogP contribution in [0.4, 0.5) is 0 Å². The fourth-order valence-corrected chi connectivity index (χ4v) is 0.712. The number of carboxylic acids is 1. The van der Waals surface area contributed by atoms with E-state index in [9.17, 15) is 4.79 Å². The maximum atomic E-state index is 10.1. The van der Waals surface area contributed by atoms with E-state index in [1.165, 1.54) is 0 Å². The van der Waals surface area contributed by atoms with Gasteiger partial charge in [0, 0.05) is 13.2 Å². The van der Waals surface area contributed by atoms with E-state index in [1.807, 2.05) is 0 Å². The summed E-state index contributed by atoms with van der Waals surface area (Å²) in [4.78, 5) is 10.1. The maximum Gasteiger partial charge on any atom is 0.309 e. The van der Waals surface area contributed by atoms with E-state index < -0.39 is 5.97 Å². The topological polar surface area (TPSA) is 55.1 Å². The Morgan fingerprint density at radius 1 is 1.82 bits per heavy atom. The third-order valence-electron chi connectivity index (χ3n) is 1.10. The predicted octanol–water partition coefficient (Wildman–Crippen LogP) is 0.469. The summed E-state index contributed by atoms with van der Waals surface area (Å²) < 4.78 is 1.58. The summed E-state index contributed by atoms with van der Waals surface area (Å²) in [6.45, 7) is 0. The lowest BCUT2D eigenvalue weighted by Gasteiger charge is -1.87. The summed E-state index contributed by atoms with van der Waals surface area (Å²) in [5, 5.41) is 12.2. The lowest BCUT2D eigenvalue weighted by molar-refractivity contribution is -0.136. The average Bonchev–Trinajstić information content (AvgIpc) is 2.13. The first-order chi connectivity index (χ1) is 4.68. The van der Waals surface area contributed by atoms with E-state index in [0.717, 1.165) is 0 Å². The van der Waals surface area contributed by atoms with Crippen LogP contribution < -0.4 is 0 Å². The second-order valence-electron chi connectivity index (χ2n) is 2.05. The van der Waals surface area contributed by atoms with Gasteiger partial charge in [0.15, 0.2) is 0 Å². The molecule has 1 aromatic heterocycles. The molecular weight excluding hydrogens is 168 g/mol. The SMILES string of the molecule is Cl.Cn1ccc(CC(=O)O)n1. The molecule has 0 spiro atoms. The molecule has 0 aliphatic carbocycles. The van der Waals surface area contributed by atoms with E-state index in [2.05, 4.69) is 5.10 Å². The van der Waals surface area contributed by atoms with Gasteiger partial charge in [-0.3, -0.25) is 9.48 Å². The van der Waals surface area contributed by atoms with E-state index in [4.69, 9.17) is 5.11 Å². The molecule has 0 saturated heterocycles. The molecule has 0 fully saturated rings. The van der Waals surface area contributed by atoms with Crippen LogP contribution in [0.25, 0.3) is 0 Å². The van der Waals surface area contributed by atoms with Crippen molar-refractivity contribution in [2.75, 3.05) is 0 Å². The van der Waals surface area contributed by atoms with E-state index in [-0.39, 0.29) is 18.8 Å². The minimum absolute atomic E-state index is 0. The standard InChI is InChI=1S/C6H8N2O2.ClH/c1-8-3-2-5(7-8)4-6(9)10;/h2-3H,4H2,1H3,(H,9,10);1H. The molecule has 11 heavy (non-hydrogen) atoms. The molecule has 0 radical (unpaired) electrons. The van der Waals surface area contributed by atoms with Crippen molar-refractivity contribution in [3.8, 4) is 0 Å². The van der Waals surface area contributed by atoms with Gasteiger partial charge >= 0.3 is 5.97 Å². The van der Waals surface area contributed by atoms with Crippen molar-refractivity contribution in [3.63, 3.8) is 0 Å². The van der Waals surface area contributed by atoms with Crippen LogP contribution in [0.2, 0.25) is 0 Å². The van der Waals surface area contributed by atoms with Crippen molar-refractivity contribution in [2.45, 2.75) is 6.42 Å². The van der Waals surface area contributed by atoms with E-state index >= 15 is 0 Å². The zero-order chi connectivity index (χ0) is 7.56. The molecule has 0 amide bonds. The summed E-state index contributed by atoms with van der Waals surface area (Å²) in [7, 11) is 1.76. The molecule has 1 N–H and O–H groups in total. The number of carbonyl (C=O) groups is 1. The van der Waals surface area contributed by atoms with E-state index in [1.54, 1.807) is 24.0 Å². The zero-order valence-electron chi connectivity index (χ0n) is 6.02. The van der Waals surface area contributed by atoms with Crippen molar-refractivity contribution >= 4 is 18.4 Å². The Bertz CT molecular complexity index is 246. The molecule has 0 aliphatic heterocycles. The predicted molar refractivity (Wildman–Crippen MR) is 41.8 cm³/mol. The van der Waals surface area contributed by atoms with Gasteiger partial charge in [-0.2, -0.15) is 5.10 Å². The normalized spacial score (nSPS) is 8.82. The molecule has 0 bridgehead atoms. The molecule has 0 aromatic carbocycles. The van der Waals surface area contributed by atoms with Gasteiger partial charge in [0.2, 0.25) is 0 Å². The van der Waals surface area contributed by atoms with Crippen molar-refractivity contribution in [1.82, 2.24) is 9.78 Å². The first-order valence-corrected chi connectivity index (χ1v) is 2.89. The number of aryl methyl sites for hydroxylation is 1. The van der Waals surface area contributed by atoms with Crippen LogP contribution in [0.5, 0.6) is 0 Å². The first kappa shape index (κ1) is 9.97. The number of aliphatic carboxylic acids is 1. The molecule has 0 atom stereocenters. The molecule has 1 rings (SSSR count). The van der Waals surface area contributed by atoms with Crippen LogP contribution in [0.3, 0.4) is 0 Å². The number of aromatic nitrogens is 2. The van der Waals surface area contributed by atoms with Crippen LogP contribution in [0.1, 0.15) is 5.69 Å². The number of carboxylic acid groups (broad SMARTS) is 1. The van der Waals surface area contributed by atoms with Crippen LogP contribution in [0.15, 0.2) is 12.3 Å². The quantitative estimate of drug-likeness (QED) is 0.713. The van der Waals surface area contributed by atoms with Crippen LogP contribution in [-0.4, -0.2) is 20.9 Å². The second-order valence-corrected chi connectivity index (χ2v) is 2.05. The fourth-order valence-electron chi connectivity index (χ4n) is 0.712. The Morgan fingerprint density at radius 3 is 2.82 bits per heavy atom. The third kappa shape index (κ3) is 3.04. The van der Waals surface area contributed by atoms with Crippen molar-refractivity contribution in [2.24, 2.45) is 7.05 Å². The minimum Gasteiger partial charge on any atom is -0.481 e. The van der Waals surface area contributed by atoms with Crippen molar-refractivity contribution in [1.29, 1.82) is 0 Å². The van der Waals surface area contributed by atoms with Gasteiger partial charge < -0.3 is 5.11 Å². The maximum absolute atomic E-state index is 10.1. The lowest BCUT2D eigenvalue weighted by Crippen LogP contribution is -2.01. The fraction of sp³-hybridized carbons (Fsp3) is 0.333. The highest BCUT2D eigenvalue weighted by atomic mass is 35.5. The molecule has 0 aliphatic rings. The highest BCUT2D eigenvalue weighted by molar-refractivity contribution is 5.85. The lowest BCUT2D eigenvalue weighted by atomic mass is 10.3. The zero-order valence-corrected chi connectivity index (χ0v) is 6.84. The van der Waals surface area contributed by atoms with Gasteiger partial charge in [-0.1, -0.05) is 0 Å². The number of nitrogens with zero attached hydrogens (tertiary/aromatic N) is 2. The number of rotatable bonds is 2. The smallest absolute Gasteiger partial charge is 0.309 e. The highest BCUT2D eigenvalue weighted by Crippen LogP contribution is 1.94. The molecule has 4 nitrogen and oxygen atoms in total. The Morgan fingerprint density at radius 2 is 2.45 bits per heavy atom. The molecular formula is C6H9ClN2O2. The Hall–Kier alpha value is -1.03. The van der Waals surface area contributed by atoms with Crippen LogP contribution in [-0.2, 0) is 18.3 Å². The van der Waals surface area contributed by atoms with Gasteiger partial charge in [0.1, 0.15) is 0 Å². The molecule has 1 aromatic rings. The summed E-state index contributed by atoms with van der Waals surface area (Å²) in [5.41, 5.74) is 0.593. The Kier molecular flexibility index (Phi) is 3.60. The van der Waals surface area contributed by atoms with Crippen LogP contribution >= 0.6 is 12.4 Å². The van der Waals surface area contributed by atoms with Crippen LogP contribution in [0, 0.1) is 0 Å². The van der Waals surface area contributed by atoms with Gasteiger partial charge in [0.25, 0.3) is 0 Å². The summed E-state index contributed by atoms with van der Waals surface area (Å²) in [6, 6.07) is 1.69. The number of halogens is 1. The molecule has 5 heteroatoms. The Balaban J connectivity index is 0.000001000. The molecule has 62 valence electrons. The summed E-state index contributed by atoms with van der Waals surface area (Å²) in [5.74, 6) is -0.848. The monoisotopic (exact) mass is 176 g/mol. The van der Waals surface area contributed by atoms with Crippen molar-refractivity contribution in [3.05, 3.63) is 18.0 Å². The third-order valence-corrected chi connectivity index (χ3v) is 1.10. The first-order valence-electron chi connectivity index (χ1n) is 2.89. The largest absolute Gasteiger partial charge is 0.481 e. The minimum atomic E-state index is -0.848. The van der Waals surface area contributed by atoms with Gasteiger partial charge in [-0.15, -0.1) is 12.4 Å². The summed E-state index contributed by atoms with van der Waals surface area (Å²) >= 11 is 0. The number of hydrogen-bond acceptors (Lipinski definition) is 2. The number of hydrogen-bond donors (Lipinski definition) is 1. The second kappa shape index (κ2) is 3.98. The Labute approximate surface area is 70.2 Å². The highest BCUT2D eigenvalue weighted by Gasteiger charge is 2.01. The molecule has 1 heterocycles. The summed E-state index contributed by atoms with van der Waals surface area (Å²) in [6.07, 6.45) is 1.72. The van der Waals surface area contributed by atoms with Crippen molar-refractivity contribution < 1.29 is 9.90 Å². The molecule has 0 unspecified atom stereocenters. The molecule has 0 saturated carbocycles. The van der Waals surface area contributed by atoms with Gasteiger partial charge in [-0.25, -0.2) is 0 Å².